The van der Waals surface area contributed by atoms with E-state index in [1.807, 2.05) is 0 Å². The molecule has 17 heavy (non-hydrogen) atoms. The van der Waals surface area contributed by atoms with Gasteiger partial charge in [-0.3, -0.25) is 0 Å². The summed E-state index contributed by atoms with van der Waals surface area (Å²) in [5.74, 6) is 1.03. The standard InChI is InChI=1S/C9H20N.C5H10.BrH.Fe/c1-10(2,3)8-9-6-4-5-7-9;1-2-4-5-3-1;;/h9H,4-8H2,1-3H3;1-5H2;1H;/q+1;;;/p-1. The molecule has 2 aliphatic rings. The summed E-state index contributed by atoms with van der Waals surface area (Å²) in [6.45, 7) is 1.38. The summed E-state index contributed by atoms with van der Waals surface area (Å²) in [5.41, 5.74) is 0. The molecule has 106 valence electrons. The smallest absolute Gasteiger partial charge is 0.0809 e. The van der Waals surface area contributed by atoms with Crippen LogP contribution in [0, 0.1) is 5.92 Å². The number of rotatable bonds is 2. The molecular formula is C14H30BrFeN. The van der Waals surface area contributed by atoms with Gasteiger partial charge in [-0.1, -0.05) is 44.9 Å². The number of hydrogen-bond acceptors (Lipinski definition) is 0. The molecular weight excluding hydrogens is 318 g/mol. The molecule has 0 spiro atoms. The monoisotopic (exact) mass is 347 g/mol. The number of quaternary nitrogens is 1. The van der Waals surface area contributed by atoms with E-state index in [2.05, 4.69) is 21.1 Å². The molecule has 0 atom stereocenters. The van der Waals surface area contributed by atoms with E-state index in [0.717, 1.165) is 10.4 Å². The molecule has 3 heteroatoms. The van der Waals surface area contributed by atoms with Gasteiger partial charge in [-0.05, 0) is 12.8 Å². The summed E-state index contributed by atoms with van der Waals surface area (Å²) in [7, 11) is 6.87. The molecule has 0 amide bonds. The Balaban J connectivity index is 0. The molecule has 0 saturated heterocycles. The van der Waals surface area contributed by atoms with Gasteiger partial charge in [0.15, 0.2) is 0 Å². The van der Waals surface area contributed by atoms with Crippen LogP contribution in [0.5, 0.6) is 0 Å². The first-order valence-corrected chi connectivity index (χ1v) is 6.88. The molecule has 0 bridgehead atoms. The Morgan fingerprint density at radius 2 is 1.12 bits per heavy atom. The molecule has 2 aliphatic carbocycles. The van der Waals surface area contributed by atoms with Gasteiger partial charge in [-0.15, -0.1) is 0 Å². The molecule has 2 saturated carbocycles. The quantitative estimate of drug-likeness (QED) is 0.513. The molecule has 0 radical (unpaired) electrons. The minimum absolute atomic E-state index is 0. The molecule has 0 aromatic rings. The molecule has 0 unspecified atom stereocenters. The van der Waals surface area contributed by atoms with Crippen LogP contribution in [0.4, 0.5) is 0 Å². The second kappa shape index (κ2) is 10.8. The second-order valence-electron chi connectivity index (χ2n) is 6.39. The van der Waals surface area contributed by atoms with Gasteiger partial charge in [0.05, 0.1) is 27.7 Å². The predicted molar refractivity (Wildman–Crippen MR) is 67.9 cm³/mol. The Bertz CT molecular complexity index is 150. The Hall–Kier alpha value is 0.959. The predicted octanol–water partition coefficient (Wildman–Crippen LogP) is 0.835. The SMILES string of the molecule is C1CCCC1.C[N+](C)(C)CC1CCCC1.[Br-].[Fe]. The molecule has 0 N–H and O–H groups in total. The minimum Gasteiger partial charge on any atom is -1.00 e. The van der Waals surface area contributed by atoms with Gasteiger partial charge in [-0.2, -0.15) is 0 Å². The third-order valence-electron chi connectivity index (χ3n) is 3.53. The molecule has 0 aromatic carbocycles. The van der Waals surface area contributed by atoms with E-state index >= 15 is 0 Å². The molecule has 0 aromatic heterocycles. The maximum Gasteiger partial charge on any atom is 0.0809 e. The van der Waals surface area contributed by atoms with E-state index < -0.39 is 0 Å². The summed E-state index contributed by atoms with van der Waals surface area (Å²) >= 11 is 0. The zero-order valence-corrected chi connectivity index (χ0v) is 14.5. The van der Waals surface area contributed by atoms with Crippen LogP contribution in [0.3, 0.4) is 0 Å². The Kier molecular flexibility index (Phi) is 12.9. The van der Waals surface area contributed by atoms with E-state index in [4.69, 9.17) is 0 Å². The molecule has 0 aliphatic heterocycles. The molecule has 0 heterocycles. The van der Waals surface area contributed by atoms with E-state index in [0.29, 0.717) is 0 Å². The summed E-state index contributed by atoms with van der Waals surface area (Å²) in [5, 5.41) is 0. The van der Waals surface area contributed by atoms with Crippen molar-refractivity contribution < 1.29 is 38.5 Å². The number of halogens is 1. The fraction of sp³-hybridized carbons (Fsp3) is 1.00. The summed E-state index contributed by atoms with van der Waals surface area (Å²) in [6.07, 6.45) is 13.4. The van der Waals surface area contributed by atoms with Crippen LogP contribution in [0.1, 0.15) is 57.8 Å². The van der Waals surface area contributed by atoms with Gasteiger partial charge >= 0.3 is 0 Å². The van der Waals surface area contributed by atoms with Crippen molar-refractivity contribution in [3.8, 4) is 0 Å². The number of hydrogen-bond donors (Lipinski definition) is 0. The van der Waals surface area contributed by atoms with Crippen LogP contribution in [0.15, 0.2) is 0 Å². The summed E-state index contributed by atoms with van der Waals surface area (Å²) < 4.78 is 1.14. The topological polar surface area (TPSA) is 0 Å². The van der Waals surface area contributed by atoms with E-state index in [9.17, 15) is 0 Å². The van der Waals surface area contributed by atoms with Crippen molar-refractivity contribution in [2.75, 3.05) is 27.7 Å². The van der Waals surface area contributed by atoms with Crippen molar-refractivity contribution in [1.82, 2.24) is 0 Å². The fourth-order valence-electron chi connectivity index (χ4n) is 2.85. The first-order chi connectivity index (χ1) is 7.08. The van der Waals surface area contributed by atoms with Gasteiger partial charge < -0.3 is 21.5 Å². The van der Waals surface area contributed by atoms with E-state index in [1.165, 1.54) is 64.3 Å². The van der Waals surface area contributed by atoms with Crippen LogP contribution in [0.2, 0.25) is 0 Å². The maximum absolute atomic E-state index is 2.29. The van der Waals surface area contributed by atoms with Crippen molar-refractivity contribution in [3.63, 3.8) is 0 Å². The Morgan fingerprint density at radius 3 is 1.41 bits per heavy atom. The van der Waals surface area contributed by atoms with Crippen LogP contribution < -0.4 is 17.0 Å². The van der Waals surface area contributed by atoms with Crippen molar-refractivity contribution >= 4 is 0 Å². The van der Waals surface area contributed by atoms with Crippen molar-refractivity contribution in [3.05, 3.63) is 0 Å². The van der Waals surface area contributed by atoms with Crippen LogP contribution in [-0.4, -0.2) is 32.2 Å². The van der Waals surface area contributed by atoms with Crippen LogP contribution in [-0.2, 0) is 17.1 Å². The average molecular weight is 348 g/mol. The third-order valence-corrected chi connectivity index (χ3v) is 3.53. The zero-order chi connectivity index (χ0) is 11.1. The van der Waals surface area contributed by atoms with Crippen molar-refractivity contribution in [2.45, 2.75) is 57.8 Å². The Labute approximate surface area is 130 Å². The first-order valence-electron chi connectivity index (χ1n) is 6.88. The molecule has 1 nitrogen and oxygen atoms in total. The number of nitrogens with zero attached hydrogens (tertiary/aromatic N) is 1. The van der Waals surface area contributed by atoms with Crippen molar-refractivity contribution in [2.24, 2.45) is 5.92 Å². The zero-order valence-electron chi connectivity index (χ0n) is 11.8. The summed E-state index contributed by atoms with van der Waals surface area (Å²) in [6, 6.07) is 0. The van der Waals surface area contributed by atoms with Gasteiger partial charge in [-0.25, -0.2) is 0 Å². The van der Waals surface area contributed by atoms with Gasteiger partial charge in [0.25, 0.3) is 0 Å². The largest absolute Gasteiger partial charge is 1.00 e. The average Bonchev–Trinajstić information content (AvgIpc) is 2.71. The third kappa shape index (κ3) is 11.8. The first kappa shape index (κ1) is 20.3. The summed E-state index contributed by atoms with van der Waals surface area (Å²) in [4.78, 5) is 0. The maximum atomic E-state index is 2.29. The van der Waals surface area contributed by atoms with E-state index in [1.54, 1.807) is 0 Å². The van der Waals surface area contributed by atoms with Gasteiger partial charge in [0, 0.05) is 23.0 Å². The van der Waals surface area contributed by atoms with E-state index in [-0.39, 0.29) is 34.1 Å². The second-order valence-corrected chi connectivity index (χ2v) is 6.39. The van der Waals surface area contributed by atoms with Crippen LogP contribution >= 0.6 is 0 Å². The Morgan fingerprint density at radius 1 is 0.765 bits per heavy atom. The molecule has 2 fully saturated rings. The molecule has 2 rings (SSSR count). The normalized spacial score (nSPS) is 19.9. The van der Waals surface area contributed by atoms with Crippen LogP contribution in [0.25, 0.3) is 0 Å². The fourth-order valence-corrected chi connectivity index (χ4v) is 2.85. The van der Waals surface area contributed by atoms with Gasteiger partial charge in [0.1, 0.15) is 0 Å². The minimum atomic E-state index is 0. The van der Waals surface area contributed by atoms with Gasteiger partial charge in [0.2, 0.25) is 0 Å². The van der Waals surface area contributed by atoms with Crippen molar-refractivity contribution in [1.29, 1.82) is 0 Å².